The molecule has 3 aromatic rings. The van der Waals surface area contributed by atoms with Crippen molar-refractivity contribution in [1.82, 2.24) is 10.2 Å². The summed E-state index contributed by atoms with van der Waals surface area (Å²) >= 11 is 9.54. The monoisotopic (exact) mass is 647 g/mol. The number of sulfonamides is 1. The van der Waals surface area contributed by atoms with E-state index < -0.39 is 28.5 Å². The standard InChI is InChI=1S/C30H35BrClN3O4S/c1-21(2)18-33-30(37)28(17-23-8-6-5-7-9-23)34(19-24-10-12-25(31)13-11-24)29(36)20-35(40(4,38)39)27-15-14-26(32)16-22(27)3/h5-16,21,28H,17-20H2,1-4H3,(H,33,37)/t28-/m0/s1. The minimum absolute atomic E-state index is 0.121. The van der Waals surface area contributed by atoms with E-state index in [4.69, 9.17) is 11.6 Å². The summed E-state index contributed by atoms with van der Waals surface area (Å²) in [6, 6.07) is 20.9. The molecule has 1 N–H and O–H groups in total. The normalized spacial score (nSPS) is 12.2. The van der Waals surface area contributed by atoms with E-state index in [1.165, 1.54) is 4.90 Å². The van der Waals surface area contributed by atoms with Gasteiger partial charge in [0.2, 0.25) is 21.8 Å². The molecule has 0 radical (unpaired) electrons. The van der Waals surface area contributed by atoms with E-state index in [1.54, 1.807) is 25.1 Å². The second-order valence-corrected chi connectivity index (χ2v) is 13.5. The first kappa shape index (κ1) is 31.6. The number of aryl methyl sites for hydroxylation is 1. The number of hydrogen-bond acceptors (Lipinski definition) is 4. The highest BCUT2D eigenvalue weighted by atomic mass is 79.9. The lowest BCUT2D eigenvalue weighted by atomic mass is 10.0. The molecule has 3 rings (SSSR count). The molecule has 7 nitrogen and oxygen atoms in total. The molecule has 0 saturated heterocycles. The van der Waals surface area contributed by atoms with Gasteiger partial charge in [-0.15, -0.1) is 0 Å². The molecular formula is C30H35BrClN3O4S. The smallest absolute Gasteiger partial charge is 0.244 e. The molecule has 0 aliphatic rings. The van der Waals surface area contributed by atoms with Gasteiger partial charge in [0.05, 0.1) is 11.9 Å². The van der Waals surface area contributed by atoms with Gasteiger partial charge in [0, 0.05) is 29.0 Å². The van der Waals surface area contributed by atoms with Crippen molar-refractivity contribution in [2.24, 2.45) is 5.92 Å². The van der Waals surface area contributed by atoms with Gasteiger partial charge in [0.25, 0.3) is 0 Å². The summed E-state index contributed by atoms with van der Waals surface area (Å²) in [6.45, 7) is 5.83. The van der Waals surface area contributed by atoms with Crippen LogP contribution in [0.25, 0.3) is 0 Å². The maximum Gasteiger partial charge on any atom is 0.244 e. The highest BCUT2D eigenvalue weighted by Crippen LogP contribution is 2.26. The van der Waals surface area contributed by atoms with Gasteiger partial charge in [0.15, 0.2) is 0 Å². The molecule has 0 aliphatic heterocycles. The molecular weight excluding hydrogens is 614 g/mol. The Morgan fingerprint density at radius 2 is 1.62 bits per heavy atom. The van der Waals surface area contributed by atoms with E-state index in [1.807, 2.05) is 68.4 Å². The van der Waals surface area contributed by atoms with E-state index in [0.717, 1.165) is 26.2 Å². The summed E-state index contributed by atoms with van der Waals surface area (Å²) in [5.41, 5.74) is 2.66. The molecule has 40 heavy (non-hydrogen) atoms. The van der Waals surface area contributed by atoms with Crippen LogP contribution in [0.1, 0.15) is 30.5 Å². The van der Waals surface area contributed by atoms with Crippen molar-refractivity contribution in [1.29, 1.82) is 0 Å². The zero-order chi connectivity index (χ0) is 29.4. The highest BCUT2D eigenvalue weighted by Gasteiger charge is 2.33. The first-order chi connectivity index (χ1) is 18.8. The number of hydrogen-bond donors (Lipinski definition) is 1. The zero-order valence-electron chi connectivity index (χ0n) is 23.1. The lowest BCUT2D eigenvalue weighted by Gasteiger charge is -2.34. The zero-order valence-corrected chi connectivity index (χ0v) is 26.3. The topological polar surface area (TPSA) is 86.8 Å². The average molecular weight is 649 g/mol. The fraction of sp³-hybridized carbons (Fsp3) is 0.333. The second-order valence-electron chi connectivity index (χ2n) is 10.2. The quantitative estimate of drug-likeness (QED) is 0.278. The van der Waals surface area contributed by atoms with Crippen molar-refractivity contribution in [2.45, 2.75) is 39.8 Å². The number of halogens is 2. The molecule has 1 atom stereocenters. The van der Waals surface area contributed by atoms with Crippen molar-refractivity contribution in [2.75, 3.05) is 23.7 Å². The number of carbonyl (C=O) groups is 2. The molecule has 10 heteroatoms. The van der Waals surface area contributed by atoms with Crippen molar-refractivity contribution in [3.63, 3.8) is 0 Å². The van der Waals surface area contributed by atoms with Crippen LogP contribution in [0.5, 0.6) is 0 Å². The van der Waals surface area contributed by atoms with E-state index in [0.29, 0.717) is 22.8 Å². The SMILES string of the molecule is Cc1cc(Cl)ccc1N(CC(=O)N(Cc1ccc(Br)cc1)[C@@H](Cc1ccccc1)C(=O)NCC(C)C)S(C)(=O)=O. The van der Waals surface area contributed by atoms with Crippen molar-refractivity contribution in [3.05, 3.63) is 99.0 Å². The minimum atomic E-state index is -3.85. The minimum Gasteiger partial charge on any atom is -0.354 e. The second kappa shape index (κ2) is 14.1. The van der Waals surface area contributed by atoms with E-state index in [-0.39, 0.29) is 24.8 Å². The van der Waals surface area contributed by atoms with Crippen LogP contribution in [-0.2, 0) is 32.6 Å². The van der Waals surface area contributed by atoms with Gasteiger partial charge >= 0.3 is 0 Å². The predicted molar refractivity (Wildman–Crippen MR) is 165 cm³/mol. The van der Waals surface area contributed by atoms with Gasteiger partial charge in [0.1, 0.15) is 12.6 Å². The third kappa shape index (κ3) is 9.08. The fourth-order valence-corrected chi connectivity index (χ4v) is 5.65. The van der Waals surface area contributed by atoms with Crippen molar-refractivity contribution in [3.8, 4) is 0 Å². The summed E-state index contributed by atoms with van der Waals surface area (Å²) in [5, 5.41) is 3.44. The van der Waals surface area contributed by atoms with Crippen LogP contribution in [0.2, 0.25) is 5.02 Å². The summed E-state index contributed by atoms with van der Waals surface area (Å²) < 4.78 is 27.8. The Morgan fingerprint density at radius 1 is 0.975 bits per heavy atom. The molecule has 0 aromatic heterocycles. The summed E-state index contributed by atoms with van der Waals surface area (Å²) in [4.78, 5) is 29.2. The number of nitrogens with one attached hydrogen (secondary N) is 1. The Bertz CT molecular complexity index is 1420. The van der Waals surface area contributed by atoms with Crippen LogP contribution in [0.15, 0.2) is 77.3 Å². The largest absolute Gasteiger partial charge is 0.354 e. The van der Waals surface area contributed by atoms with Gasteiger partial charge in [-0.3, -0.25) is 13.9 Å². The molecule has 0 spiro atoms. The maximum atomic E-state index is 14.1. The first-order valence-electron chi connectivity index (χ1n) is 12.9. The average Bonchev–Trinajstić information content (AvgIpc) is 2.89. The Kier molecular flexibility index (Phi) is 11.2. The maximum absolute atomic E-state index is 14.1. The lowest BCUT2D eigenvalue weighted by molar-refractivity contribution is -0.140. The van der Waals surface area contributed by atoms with Crippen molar-refractivity contribution >= 4 is 55.1 Å². The molecule has 0 heterocycles. The van der Waals surface area contributed by atoms with Gasteiger partial charge in [-0.1, -0.05) is 83.8 Å². The van der Waals surface area contributed by atoms with Crippen LogP contribution in [0.3, 0.4) is 0 Å². The molecule has 0 unspecified atom stereocenters. The van der Waals surface area contributed by atoms with Crippen molar-refractivity contribution < 1.29 is 18.0 Å². The number of nitrogens with zero attached hydrogens (tertiary/aromatic N) is 2. The molecule has 214 valence electrons. The Labute approximate surface area is 250 Å². The number of benzene rings is 3. The summed E-state index contributed by atoms with van der Waals surface area (Å²) in [5.74, 6) is -0.578. The van der Waals surface area contributed by atoms with Gasteiger partial charge in [-0.05, 0) is 59.9 Å². The molecule has 2 amide bonds. The van der Waals surface area contributed by atoms with E-state index in [2.05, 4.69) is 21.2 Å². The van der Waals surface area contributed by atoms with Crippen LogP contribution in [0, 0.1) is 12.8 Å². The third-order valence-electron chi connectivity index (χ3n) is 6.33. The van der Waals surface area contributed by atoms with Crippen LogP contribution in [0.4, 0.5) is 5.69 Å². The Hall–Kier alpha value is -2.88. The fourth-order valence-electron chi connectivity index (χ4n) is 4.26. The molecule has 0 saturated carbocycles. The predicted octanol–water partition coefficient (Wildman–Crippen LogP) is 5.59. The molecule has 0 aliphatic carbocycles. The number of rotatable bonds is 12. The molecule has 3 aromatic carbocycles. The van der Waals surface area contributed by atoms with Crippen LogP contribution in [-0.4, -0.2) is 50.5 Å². The van der Waals surface area contributed by atoms with Gasteiger partial charge < -0.3 is 10.2 Å². The summed E-state index contributed by atoms with van der Waals surface area (Å²) in [7, 11) is -3.85. The third-order valence-corrected chi connectivity index (χ3v) is 8.22. The Morgan fingerprint density at radius 3 is 2.20 bits per heavy atom. The Balaban J connectivity index is 2.06. The van der Waals surface area contributed by atoms with Crippen LogP contribution >= 0.6 is 27.5 Å². The van der Waals surface area contributed by atoms with Crippen LogP contribution < -0.4 is 9.62 Å². The number of anilines is 1. The van der Waals surface area contributed by atoms with Gasteiger partial charge in [-0.2, -0.15) is 0 Å². The van der Waals surface area contributed by atoms with E-state index >= 15 is 0 Å². The molecule has 0 bridgehead atoms. The first-order valence-corrected chi connectivity index (χ1v) is 16.0. The number of amides is 2. The lowest BCUT2D eigenvalue weighted by Crippen LogP contribution is -2.53. The van der Waals surface area contributed by atoms with E-state index in [9.17, 15) is 18.0 Å². The molecule has 0 fully saturated rings. The highest BCUT2D eigenvalue weighted by molar-refractivity contribution is 9.10. The number of carbonyl (C=O) groups excluding carboxylic acids is 2. The van der Waals surface area contributed by atoms with Gasteiger partial charge in [-0.25, -0.2) is 8.42 Å². The summed E-state index contributed by atoms with van der Waals surface area (Å²) in [6.07, 6.45) is 1.33.